The molecule has 4 heterocycles. The van der Waals surface area contributed by atoms with Gasteiger partial charge in [-0.15, -0.1) is 0 Å². The van der Waals surface area contributed by atoms with E-state index in [2.05, 4.69) is 215 Å². The zero-order chi connectivity index (χ0) is 41.6. The van der Waals surface area contributed by atoms with Crippen LogP contribution in [0.1, 0.15) is 0 Å². The van der Waals surface area contributed by atoms with Crippen LogP contribution in [0.5, 0.6) is 0 Å². The molecule has 0 atom stereocenters. The molecule has 0 unspecified atom stereocenters. The highest BCUT2D eigenvalue weighted by molar-refractivity contribution is 6.12. The van der Waals surface area contributed by atoms with Gasteiger partial charge in [0.2, 0.25) is 0 Å². The van der Waals surface area contributed by atoms with E-state index in [0.717, 1.165) is 87.2 Å². The van der Waals surface area contributed by atoms with Crippen molar-refractivity contribution in [3.8, 4) is 11.4 Å². The second-order valence-electron chi connectivity index (χ2n) is 17.1. The molecule has 0 bridgehead atoms. The minimum Gasteiger partial charge on any atom is -0.456 e. The molecule has 1 aliphatic carbocycles. The summed E-state index contributed by atoms with van der Waals surface area (Å²) in [5.74, 6) is 0. The highest BCUT2D eigenvalue weighted by Gasteiger charge is 2.20. The Bertz CT molecular complexity index is 4470. The molecule has 0 N–H and O–H groups in total. The molecular weight excluding hydrogens is 781 g/mol. The molecule has 10 aromatic carbocycles. The standard InChI is InChI=1S/C60H34N2O2/c1-3-15-35(16-4-1)61-49-23-11-7-21-41(49)59-51(61)29-27-39-40-28-30-52-60(42-22-8-12-24-50(42)62(52)36-17-5-2-6-18-36)58(40)48-32-46-38-20-10-14-26-54(38)64-56(46)34-44(48)43-33-55-45(31-47(43)57(39)59)37-19-9-13-25-53(37)63-55/h1-34H. The molecule has 64 heavy (non-hydrogen) atoms. The smallest absolute Gasteiger partial charge is 0.136 e. The molecule has 4 aromatic heterocycles. The average molecular weight is 815 g/mol. The van der Waals surface area contributed by atoms with Crippen molar-refractivity contribution in [1.82, 2.24) is 9.13 Å². The third kappa shape index (κ3) is 4.46. The van der Waals surface area contributed by atoms with Gasteiger partial charge in [0.15, 0.2) is 0 Å². The summed E-state index contributed by atoms with van der Waals surface area (Å²) in [5.41, 5.74) is 10.4. The summed E-state index contributed by atoms with van der Waals surface area (Å²) in [4.78, 5) is 0. The molecule has 0 aliphatic heterocycles. The van der Waals surface area contributed by atoms with E-state index < -0.39 is 0 Å². The molecule has 0 spiro atoms. The molecule has 1 aliphatic rings. The first-order valence-electron chi connectivity index (χ1n) is 21.9. The highest BCUT2D eigenvalue weighted by atomic mass is 16.3. The molecule has 0 fully saturated rings. The number of benzene rings is 10. The topological polar surface area (TPSA) is 36.1 Å². The van der Waals surface area contributed by atoms with E-state index in [0.29, 0.717) is 0 Å². The van der Waals surface area contributed by atoms with E-state index in [1.165, 1.54) is 53.5 Å². The fourth-order valence-corrected chi connectivity index (χ4v) is 11.2. The molecule has 0 amide bonds. The van der Waals surface area contributed by atoms with Crippen molar-refractivity contribution in [3.63, 3.8) is 0 Å². The summed E-state index contributed by atoms with van der Waals surface area (Å²) >= 11 is 0. The van der Waals surface area contributed by atoms with Gasteiger partial charge in [-0.1, -0.05) is 121 Å². The lowest BCUT2D eigenvalue weighted by Gasteiger charge is -2.09. The van der Waals surface area contributed by atoms with Crippen LogP contribution >= 0.6 is 0 Å². The summed E-state index contributed by atoms with van der Waals surface area (Å²) in [6.07, 6.45) is 0. The number of nitrogens with zero attached hydrogens (tertiary/aromatic N) is 2. The number of hydrogen-bond acceptors (Lipinski definition) is 2. The second kappa shape index (κ2) is 12.5. The lowest BCUT2D eigenvalue weighted by atomic mass is 9.95. The largest absolute Gasteiger partial charge is 0.456 e. The van der Waals surface area contributed by atoms with Gasteiger partial charge in [0.25, 0.3) is 0 Å². The Labute approximate surface area is 363 Å². The molecule has 4 nitrogen and oxygen atoms in total. The molecule has 0 saturated carbocycles. The number of para-hydroxylation sites is 6. The summed E-state index contributed by atoms with van der Waals surface area (Å²) < 4.78 is 18.4. The fourth-order valence-electron chi connectivity index (χ4n) is 11.2. The first-order valence-corrected chi connectivity index (χ1v) is 21.9. The van der Waals surface area contributed by atoms with E-state index in [9.17, 15) is 0 Å². The third-order valence-electron chi connectivity index (χ3n) is 13.9. The molecule has 14 aromatic rings. The number of fused-ring (bicyclic) bond motifs is 18. The number of hydrogen-bond donors (Lipinski definition) is 0. The van der Waals surface area contributed by atoms with Crippen LogP contribution in [0.2, 0.25) is 0 Å². The second-order valence-corrected chi connectivity index (χ2v) is 17.1. The van der Waals surface area contributed by atoms with Crippen molar-refractivity contribution >= 4 is 87.5 Å². The maximum atomic E-state index is 6.77. The summed E-state index contributed by atoms with van der Waals surface area (Å²) in [5, 5.41) is 18.5. The summed E-state index contributed by atoms with van der Waals surface area (Å²) in [6.45, 7) is 0. The van der Waals surface area contributed by atoms with Gasteiger partial charge in [0, 0.05) is 64.9 Å². The van der Waals surface area contributed by atoms with E-state index in [1.54, 1.807) is 0 Å². The molecule has 0 saturated heterocycles. The molecule has 296 valence electrons. The van der Waals surface area contributed by atoms with E-state index in [-0.39, 0.29) is 0 Å². The first-order chi connectivity index (χ1) is 31.8. The lowest BCUT2D eigenvalue weighted by Crippen LogP contribution is -1.95. The Morgan fingerprint density at radius 2 is 0.641 bits per heavy atom. The Kier molecular flexibility index (Phi) is 6.65. The zero-order valence-electron chi connectivity index (χ0n) is 34.3. The fraction of sp³-hybridized carbons (Fsp3) is 0. The van der Waals surface area contributed by atoms with E-state index in [1.807, 2.05) is 0 Å². The van der Waals surface area contributed by atoms with Gasteiger partial charge < -0.3 is 18.0 Å². The predicted molar refractivity (Wildman–Crippen MR) is 260 cm³/mol. The Morgan fingerprint density at radius 1 is 0.250 bits per heavy atom. The van der Waals surface area contributed by atoms with Crippen LogP contribution in [0, 0.1) is 41.7 Å². The third-order valence-corrected chi connectivity index (χ3v) is 13.9. The van der Waals surface area contributed by atoms with Gasteiger partial charge >= 0.3 is 0 Å². The van der Waals surface area contributed by atoms with Gasteiger partial charge in [-0.3, -0.25) is 0 Å². The zero-order valence-corrected chi connectivity index (χ0v) is 34.3. The van der Waals surface area contributed by atoms with Gasteiger partial charge in [-0.2, -0.15) is 0 Å². The summed E-state index contributed by atoms with van der Waals surface area (Å²) in [6, 6.07) is 75.0. The van der Waals surface area contributed by atoms with Crippen molar-refractivity contribution in [2.45, 2.75) is 0 Å². The van der Waals surface area contributed by atoms with Gasteiger partial charge in [-0.05, 0) is 116 Å². The number of furan rings is 2. The monoisotopic (exact) mass is 814 g/mol. The van der Waals surface area contributed by atoms with Crippen LogP contribution in [0.15, 0.2) is 215 Å². The number of rotatable bonds is 2. The van der Waals surface area contributed by atoms with Crippen molar-refractivity contribution in [2.75, 3.05) is 0 Å². The van der Waals surface area contributed by atoms with Crippen molar-refractivity contribution in [1.29, 1.82) is 0 Å². The van der Waals surface area contributed by atoms with Crippen LogP contribution < -0.4 is 0 Å². The predicted octanol–water partition coefficient (Wildman–Crippen LogP) is 15.1. The lowest BCUT2D eigenvalue weighted by molar-refractivity contribution is 0.667. The Balaban J connectivity index is 1.35. The van der Waals surface area contributed by atoms with Crippen molar-refractivity contribution in [2.24, 2.45) is 0 Å². The van der Waals surface area contributed by atoms with Crippen LogP contribution in [0.25, 0.3) is 98.9 Å². The highest BCUT2D eigenvalue weighted by Crippen LogP contribution is 2.39. The molecule has 15 rings (SSSR count). The number of aromatic nitrogens is 2. The van der Waals surface area contributed by atoms with Crippen molar-refractivity contribution < 1.29 is 8.83 Å². The van der Waals surface area contributed by atoms with Gasteiger partial charge in [-0.25, -0.2) is 0 Å². The summed E-state index contributed by atoms with van der Waals surface area (Å²) in [7, 11) is 0. The minimum absolute atomic E-state index is 0.857. The van der Waals surface area contributed by atoms with Crippen LogP contribution in [0.4, 0.5) is 0 Å². The normalized spacial score (nSPS) is 12.4. The minimum atomic E-state index is 0.857. The van der Waals surface area contributed by atoms with E-state index >= 15 is 0 Å². The molecular formula is C60H34N2O2. The Morgan fingerprint density at radius 3 is 1.09 bits per heavy atom. The van der Waals surface area contributed by atoms with Crippen LogP contribution in [-0.4, -0.2) is 9.13 Å². The van der Waals surface area contributed by atoms with E-state index in [4.69, 9.17) is 8.83 Å². The Hall–Kier alpha value is -8.60. The average Bonchev–Trinajstić information content (AvgIpc) is 4.10. The maximum absolute atomic E-state index is 6.77. The van der Waals surface area contributed by atoms with Crippen LogP contribution in [-0.2, 0) is 0 Å². The molecule has 0 radical (unpaired) electrons. The van der Waals surface area contributed by atoms with Crippen molar-refractivity contribution in [3.05, 3.63) is 248 Å². The first kappa shape index (κ1) is 34.0. The van der Waals surface area contributed by atoms with Gasteiger partial charge in [0.1, 0.15) is 22.3 Å². The SMILES string of the molecule is c1ccc(-n2c3ccccc3c3c4c(ccc32)=c2ccc3c(c2=c2cc5c(cc2=c2cc6oc7ccccc7c6cc2=4)oc2ccccc25)c2ccccc2n3-c2ccccc2)cc1. The maximum Gasteiger partial charge on any atom is 0.136 e. The molecule has 4 heteroatoms. The van der Waals surface area contributed by atoms with Gasteiger partial charge in [0.05, 0.1) is 22.1 Å². The van der Waals surface area contributed by atoms with Crippen LogP contribution in [0.3, 0.4) is 0 Å². The quantitative estimate of drug-likeness (QED) is 0.174.